The lowest BCUT2D eigenvalue weighted by atomic mass is 10.3. The number of nitrogens with one attached hydrogen (secondary N) is 1. The Hall–Kier alpha value is -0.610. The van der Waals surface area contributed by atoms with E-state index in [-0.39, 0.29) is 0 Å². The van der Waals surface area contributed by atoms with Crippen molar-refractivity contribution in [1.29, 1.82) is 0 Å². The van der Waals surface area contributed by atoms with E-state index in [0.29, 0.717) is 6.04 Å². The molecule has 1 fully saturated rings. The number of thiazole rings is 1. The monoisotopic (exact) mass is 267 g/mol. The van der Waals surface area contributed by atoms with Crippen molar-refractivity contribution in [3.63, 3.8) is 0 Å². The molecular formula is C14H25N3S. The van der Waals surface area contributed by atoms with Crippen molar-refractivity contribution >= 4 is 16.5 Å². The molecule has 0 aromatic carbocycles. The van der Waals surface area contributed by atoms with Gasteiger partial charge in [0.15, 0.2) is 5.13 Å². The molecule has 0 amide bonds. The van der Waals surface area contributed by atoms with E-state index >= 15 is 0 Å². The summed E-state index contributed by atoms with van der Waals surface area (Å²) in [5, 5.41) is 6.87. The molecule has 2 rings (SSSR count). The van der Waals surface area contributed by atoms with Gasteiger partial charge in [-0.25, -0.2) is 4.98 Å². The zero-order chi connectivity index (χ0) is 13.0. The fourth-order valence-corrected chi connectivity index (χ4v) is 2.93. The minimum atomic E-state index is 0.560. The quantitative estimate of drug-likeness (QED) is 0.785. The molecule has 0 aliphatic heterocycles. The molecule has 1 aliphatic carbocycles. The van der Waals surface area contributed by atoms with Crippen molar-refractivity contribution in [2.45, 2.75) is 46.1 Å². The molecule has 1 aromatic rings. The van der Waals surface area contributed by atoms with Gasteiger partial charge in [-0.15, -0.1) is 11.3 Å². The van der Waals surface area contributed by atoms with E-state index in [0.717, 1.165) is 25.4 Å². The van der Waals surface area contributed by atoms with E-state index in [1.807, 2.05) is 0 Å². The van der Waals surface area contributed by atoms with Crippen LogP contribution < -0.4 is 10.2 Å². The third-order valence-electron chi connectivity index (χ3n) is 3.30. The Labute approximate surface area is 115 Å². The van der Waals surface area contributed by atoms with Crippen LogP contribution in [0.5, 0.6) is 0 Å². The Morgan fingerprint density at radius 3 is 2.89 bits per heavy atom. The molecule has 4 heteroatoms. The highest BCUT2D eigenvalue weighted by atomic mass is 32.1. The van der Waals surface area contributed by atoms with Crippen molar-refractivity contribution in [2.24, 2.45) is 5.92 Å². The van der Waals surface area contributed by atoms with Gasteiger partial charge in [0.05, 0.1) is 5.69 Å². The van der Waals surface area contributed by atoms with Gasteiger partial charge >= 0.3 is 0 Å². The molecule has 0 atom stereocenters. The van der Waals surface area contributed by atoms with E-state index in [1.165, 1.54) is 30.2 Å². The first-order valence-corrected chi connectivity index (χ1v) is 7.99. The summed E-state index contributed by atoms with van der Waals surface area (Å²) in [6, 6.07) is 0.560. The van der Waals surface area contributed by atoms with Crippen molar-refractivity contribution in [3.05, 3.63) is 11.1 Å². The van der Waals surface area contributed by atoms with E-state index < -0.39 is 0 Å². The number of rotatable bonds is 8. The molecule has 1 aromatic heterocycles. The van der Waals surface area contributed by atoms with Gasteiger partial charge in [-0.05, 0) is 25.7 Å². The maximum atomic E-state index is 4.76. The number of aromatic nitrogens is 1. The maximum Gasteiger partial charge on any atom is 0.185 e. The van der Waals surface area contributed by atoms with Gasteiger partial charge < -0.3 is 10.2 Å². The second-order valence-corrected chi connectivity index (χ2v) is 6.30. The van der Waals surface area contributed by atoms with Crippen molar-refractivity contribution in [3.8, 4) is 0 Å². The van der Waals surface area contributed by atoms with Gasteiger partial charge in [0.1, 0.15) is 0 Å². The molecule has 102 valence electrons. The Morgan fingerprint density at radius 1 is 1.50 bits per heavy atom. The Balaban J connectivity index is 1.83. The maximum absolute atomic E-state index is 4.76. The lowest BCUT2D eigenvalue weighted by Crippen LogP contribution is -2.26. The molecular weight excluding hydrogens is 242 g/mol. The third kappa shape index (κ3) is 4.25. The van der Waals surface area contributed by atoms with Gasteiger partial charge in [0.2, 0.25) is 0 Å². The SMILES string of the molecule is CCN(CC1CC1)c1nc(CCNC(C)C)cs1. The van der Waals surface area contributed by atoms with Crippen LogP contribution in [0.1, 0.15) is 39.3 Å². The molecule has 0 radical (unpaired) electrons. The largest absolute Gasteiger partial charge is 0.348 e. The fraction of sp³-hybridized carbons (Fsp3) is 0.786. The third-order valence-corrected chi connectivity index (χ3v) is 4.25. The van der Waals surface area contributed by atoms with Crippen LogP contribution in [0.3, 0.4) is 0 Å². The topological polar surface area (TPSA) is 28.2 Å². The molecule has 0 spiro atoms. The predicted molar refractivity (Wildman–Crippen MR) is 79.6 cm³/mol. The van der Waals surface area contributed by atoms with E-state index in [9.17, 15) is 0 Å². The van der Waals surface area contributed by atoms with Crippen LogP contribution in [0.2, 0.25) is 0 Å². The zero-order valence-corrected chi connectivity index (χ0v) is 12.6. The van der Waals surface area contributed by atoms with Gasteiger partial charge in [-0.3, -0.25) is 0 Å². The van der Waals surface area contributed by atoms with Crippen LogP contribution in [-0.4, -0.2) is 30.7 Å². The van der Waals surface area contributed by atoms with Gasteiger partial charge in [0.25, 0.3) is 0 Å². The molecule has 0 saturated heterocycles. The minimum absolute atomic E-state index is 0.560. The molecule has 3 nitrogen and oxygen atoms in total. The van der Waals surface area contributed by atoms with Crippen molar-refractivity contribution < 1.29 is 0 Å². The summed E-state index contributed by atoms with van der Waals surface area (Å²) in [5.41, 5.74) is 1.23. The van der Waals surface area contributed by atoms with Gasteiger partial charge in [-0.2, -0.15) is 0 Å². The summed E-state index contributed by atoms with van der Waals surface area (Å²) < 4.78 is 0. The molecule has 0 bridgehead atoms. The Bertz CT molecular complexity index is 358. The number of anilines is 1. The van der Waals surface area contributed by atoms with E-state index in [1.54, 1.807) is 11.3 Å². The second kappa shape index (κ2) is 6.53. The Kier molecular flexibility index (Phi) is 5.01. The van der Waals surface area contributed by atoms with Crippen LogP contribution in [-0.2, 0) is 6.42 Å². The summed E-state index contributed by atoms with van der Waals surface area (Å²) >= 11 is 1.80. The normalized spacial score (nSPS) is 15.3. The lowest BCUT2D eigenvalue weighted by Gasteiger charge is -2.19. The lowest BCUT2D eigenvalue weighted by molar-refractivity contribution is 0.587. The summed E-state index contributed by atoms with van der Waals surface area (Å²) in [7, 11) is 0. The summed E-state index contributed by atoms with van der Waals surface area (Å²) in [4.78, 5) is 7.20. The fourth-order valence-electron chi connectivity index (χ4n) is 2.00. The molecule has 1 heterocycles. The van der Waals surface area contributed by atoms with E-state index in [2.05, 4.69) is 36.4 Å². The summed E-state index contributed by atoms with van der Waals surface area (Å²) in [6.45, 7) is 9.89. The number of hydrogen-bond donors (Lipinski definition) is 1. The highest BCUT2D eigenvalue weighted by molar-refractivity contribution is 7.13. The molecule has 0 unspecified atom stereocenters. The molecule has 18 heavy (non-hydrogen) atoms. The van der Waals surface area contributed by atoms with Crippen molar-refractivity contribution in [2.75, 3.05) is 24.5 Å². The molecule has 1 N–H and O–H groups in total. The van der Waals surface area contributed by atoms with E-state index in [4.69, 9.17) is 4.98 Å². The standard InChI is InChI=1S/C14H25N3S/c1-4-17(9-12-5-6-12)14-16-13(10-18-14)7-8-15-11(2)3/h10-12,15H,4-9H2,1-3H3. The summed E-state index contributed by atoms with van der Waals surface area (Å²) in [5.74, 6) is 0.930. The molecule has 1 aliphatic rings. The number of nitrogens with zero attached hydrogens (tertiary/aromatic N) is 2. The first-order valence-electron chi connectivity index (χ1n) is 7.11. The van der Waals surface area contributed by atoms with Crippen molar-refractivity contribution in [1.82, 2.24) is 10.3 Å². The smallest absolute Gasteiger partial charge is 0.185 e. The first kappa shape index (κ1) is 13.8. The van der Waals surface area contributed by atoms with Gasteiger partial charge in [-0.1, -0.05) is 13.8 Å². The molecule has 1 saturated carbocycles. The average molecular weight is 267 g/mol. The first-order chi connectivity index (χ1) is 8.69. The highest BCUT2D eigenvalue weighted by Crippen LogP contribution is 2.32. The summed E-state index contributed by atoms with van der Waals surface area (Å²) in [6.07, 6.45) is 3.86. The van der Waals surface area contributed by atoms with Gasteiger partial charge in [0, 0.05) is 37.5 Å². The minimum Gasteiger partial charge on any atom is -0.348 e. The number of hydrogen-bond acceptors (Lipinski definition) is 4. The highest BCUT2D eigenvalue weighted by Gasteiger charge is 2.24. The van der Waals surface area contributed by atoms with Crippen LogP contribution in [0.4, 0.5) is 5.13 Å². The van der Waals surface area contributed by atoms with Crippen LogP contribution in [0.15, 0.2) is 5.38 Å². The Morgan fingerprint density at radius 2 is 2.28 bits per heavy atom. The van der Waals surface area contributed by atoms with Crippen LogP contribution in [0.25, 0.3) is 0 Å². The second-order valence-electron chi connectivity index (χ2n) is 5.46. The van der Waals surface area contributed by atoms with Crippen LogP contribution in [0, 0.1) is 5.92 Å². The zero-order valence-electron chi connectivity index (χ0n) is 11.8. The predicted octanol–water partition coefficient (Wildman–Crippen LogP) is 2.92. The average Bonchev–Trinajstić information content (AvgIpc) is 3.04. The van der Waals surface area contributed by atoms with Crippen LogP contribution >= 0.6 is 11.3 Å².